The fraction of sp³-hybridized carbons (Fsp3) is 0.684. The van der Waals surface area contributed by atoms with Crippen molar-refractivity contribution < 1.29 is 9.84 Å². The summed E-state index contributed by atoms with van der Waals surface area (Å²) < 4.78 is 5.41. The molecule has 4 nitrogen and oxygen atoms in total. The average Bonchev–Trinajstić information content (AvgIpc) is 2.60. The zero-order valence-electron chi connectivity index (χ0n) is 14.0. The molecule has 0 atom stereocenters. The van der Waals surface area contributed by atoms with Crippen LogP contribution in [0.2, 0.25) is 0 Å². The summed E-state index contributed by atoms with van der Waals surface area (Å²) in [6, 6.07) is 2.30. The summed E-state index contributed by atoms with van der Waals surface area (Å²) in [6.07, 6.45) is 6.76. The van der Waals surface area contributed by atoms with Gasteiger partial charge in [-0.2, -0.15) is 0 Å². The monoisotopic (exact) mass is 316 g/mol. The number of benzene rings is 1. The first kappa shape index (κ1) is 15.3. The molecule has 0 aromatic heterocycles. The Kier molecular flexibility index (Phi) is 4.45. The lowest BCUT2D eigenvalue weighted by Crippen LogP contribution is -2.37. The number of hydrogen-bond donors (Lipinski definition) is 1. The Balaban J connectivity index is 1.48. The molecule has 1 fully saturated rings. The minimum Gasteiger partial charge on any atom is -0.507 e. The first-order chi connectivity index (χ1) is 11.3. The number of nitrogens with zero attached hydrogens (tertiary/aromatic N) is 2. The van der Waals surface area contributed by atoms with E-state index in [1.165, 1.54) is 41.6 Å². The first-order valence-electron chi connectivity index (χ1n) is 9.24. The molecule has 1 aromatic carbocycles. The van der Waals surface area contributed by atoms with Gasteiger partial charge in [0.1, 0.15) is 5.75 Å². The molecule has 23 heavy (non-hydrogen) atoms. The third-order valence-corrected chi connectivity index (χ3v) is 5.60. The molecular formula is C19H28N2O2. The third kappa shape index (κ3) is 3.07. The standard InChI is InChI=1S/C19H28N2O2/c22-19-16(5-1-7-20-10-12-23-13-11-20)14-15-4-2-8-21-9-3-6-17(19)18(15)21/h14,22H,1-13H2. The largest absolute Gasteiger partial charge is 0.507 e. The summed E-state index contributed by atoms with van der Waals surface area (Å²) in [6.45, 7) is 7.27. The number of anilines is 1. The molecule has 0 bridgehead atoms. The van der Waals surface area contributed by atoms with E-state index in [-0.39, 0.29) is 0 Å². The average molecular weight is 316 g/mol. The van der Waals surface area contributed by atoms with E-state index in [1.807, 2.05) is 0 Å². The van der Waals surface area contributed by atoms with Crippen molar-refractivity contribution in [2.45, 2.75) is 38.5 Å². The number of phenolic OH excluding ortho intramolecular Hbond substituents is 1. The highest BCUT2D eigenvalue weighted by molar-refractivity contribution is 5.69. The fourth-order valence-electron chi connectivity index (χ4n) is 4.42. The molecule has 1 aromatic rings. The summed E-state index contributed by atoms with van der Waals surface area (Å²) in [5, 5.41) is 10.8. The van der Waals surface area contributed by atoms with E-state index >= 15 is 0 Å². The Labute approximate surface area is 139 Å². The maximum absolute atomic E-state index is 10.8. The van der Waals surface area contributed by atoms with Crippen LogP contribution in [0.25, 0.3) is 0 Å². The highest BCUT2D eigenvalue weighted by Crippen LogP contribution is 2.42. The number of hydrogen-bond acceptors (Lipinski definition) is 4. The number of aromatic hydroxyl groups is 1. The maximum atomic E-state index is 10.8. The SMILES string of the molecule is Oc1c(CCCN2CCOCC2)cc2c3c1CCCN3CCC2. The van der Waals surface area contributed by atoms with Gasteiger partial charge in [0.2, 0.25) is 0 Å². The van der Waals surface area contributed by atoms with Crippen molar-refractivity contribution in [3.8, 4) is 5.75 Å². The Morgan fingerprint density at radius 3 is 2.65 bits per heavy atom. The molecule has 3 aliphatic heterocycles. The first-order valence-corrected chi connectivity index (χ1v) is 9.24. The summed E-state index contributed by atoms with van der Waals surface area (Å²) >= 11 is 0. The third-order valence-electron chi connectivity index (χ3n) is 5.60. The quantitative estimate of drug-likeness (QED) is 0.925. The molecule has 1 saturated heterocycles. The fourth-order valence-corrected chi connectivity index (χ4v) is 4.42. The highest BCUT2D eigenvalue weighted by Gasteiger charge is 2.27. The molecule has 4 rings (SSSR count). The van der Waals surface area contributed by atoms with E-state index in [2.05, 4.69) is 15.9 Å². The molecule has 1 N–H and O–H groups in total. The van der Waals surface area contributed by atoms with Crippen molar-refractivity contribution >= 4 is 5.69 Å². The van der Waals surface area contributed by atoms with Gasteiger partial charge in [0, 0.05) is 37.4 Å². The van der Waals surface area contributed by atoms with E-state index in [0.717, 1.165) is 65.2 Å². The summed E-state index contributed by atoms with van der Waals surface area (Å²) in [7, 11) is 0. The van der Waals surface area contributed by atoms with Gasteiger partial charge in [0.15, 0.2) is 0 Å². The van der Waals surface area contributed by atoms with Gasteiger partial charge >= 0.3 is 0 Å². The molecule has 0 radical (unpaired) electrons. The van der Waals surface area contributed by atoms with Crippen LogP contribution in [0.1, 0.15) is 36.0 Å². The summed E-state index contributed by atoms with van der Waals surface area (Å²) in [4.78, 5) is 4.97. The molecule has 3 heterocycles. The molecule has 0 spiro atoms. The van der Waals surface area contributed by atoms with Crippen LogP contribution in [0.3, 0.4) is 0 Å². The number of aryl methyl sites for hydroxylation is 2. The number of phenols is 1. The molecule has 0 unspecified atom stereocenters. The highest BCUT2D eigenvalue weighted by atomic mass is 16.5. The van der Waals surface area contributed by atoms with Crippen molar-refractivity contribution in [2.75, 3.05) is 50.8 Å². The van der Waals surface area contributed by atoms with Gasteiger partial charge in [-0.25, -0.2) is 0 Å². The van der Waals surface area contributed by atoms with E-state index in [1.54, 1.807) is 0 Å². The second-order valence-electron chi connectivity index (χ2n) is 7.12. The van der Waals surface area contributed by atoms with Crippen LogP contribution in [0, 0.1) is 0 Å². The van der Waals surface area contributed by atoms with Crippen LogP contribution in [0.15, 0.2) is 6.07 Å². The Morgan fingerprint density at radius 2 is 1.83 bits per heavy atom. The van der Waals surface area contributed by atoms with Crippen molar-refractivity contribution in [1.82, 2.24) is 4.90 Å². The van der Waals surface area contributed by atoms with Crippen LogP contribution < -0.4 is 4.90 Å². The molecule has 0 amide bonds. The van der Waals surface area contributed by atoms with E-state index in [0.29, 0.717) is 5.75 Å². The minimum absolute atomic E-state index is 0.595. The number of ether oxygens (including phenoxy) is 1. The van der Waals surface area contributed by atoms with E-state index in [4.69, 9.17) is 4.74 Å². The Bertz CT molecular complexity index is 565. The van der Waals surface area contributed by atoms with Gasteiger partial charge in [-0.1, -0.05) is 6.07 Å². The number of rotatable bonds is 4. The van der Waals surface area contributed by atoms with Gasteiger partial charge in [0.25, 0.3) is 0 Å². The van der Waals surface area contributed by atoms with Gasteiger partial charge in [0.05, 0.1) is 13.2 Å². The Morgan fingerprint density at radius 1 is 1.04 bits per heavy atom. The lowest BCUT2D eigenvalue weighted by molar-refractivity contribution is 0.0374. The van der Waals surface area contributed by atoms with E-state index < -0.39 is 0 Å². The lowest BCUT2D eigenvalue weighted by atomic mass is 9.88. The van der Waals surface area contributed by atoms with Crippen LogP contribution in [-0.4, -0.2) is 55.9 Å². The van der Waals surface area contributed by atoms with Gasteiger partial charge in [-0.3, -0.25) is 4.90 Å². The predicted molar refractivity (Wildman–Crippen MR) is 92.5 cm³/mol. The lowest BCUT2D eigenvalue weighted by Gasteiger charge is -2.37. The minimum atomic E-state index is 0.595. The smallest absolute Gasteiger partial charge is 0.124 e. The van der Waals surface area contributed by atoms with Gasteiger partial charge in [-0.15, -0.1) is 0 Å². The second-order valence-corrected chi connectivity index (χ2v) is 7.12. The Hall–Kier alpha value is -1.26. The molecule has 0 saturated carbocycles. The van der Waals surface area contributed by atoms with Crippen LogP contribution in [0.4, 0.5) is 5.69 Å². The van der Waals surface area contributed by atoms with Crippen molar-refractivity contribution in [3.05, 3.63) is 22.8 Å². The van der Waals surface area contributed by atoms with Crippen molar-refractivity contribution in [1.29, 1.82) is 0 Å². The normalized spacial score (nSPS) is 21.3. The zero-order valence-corrected chi connectivity index (χ0v) is 14.0. The topological polar surface area (TPSA) is 35.9 Å². The molecular weight excluding hydrogens is 288 g/mol. The van der Waals surface area contributed by atoms with Crippen molar-refractivity contribution in [3.63, 3.8) is 0 Å². The second kappa shape index (κ2) is 6.70. The van der Waals surface area contributed by atoms with E-state index in [9.17, 15) is 5.11 Å². The summed E-state index contributed by atoms with van der Waals surface area (Å²) in [5.74, 6) is 0.595. The van der Waals surface area contributed by atoms with Gasteiger partial charge < -0.3 is 14.7 Å². The van der Waals surface area contributed by atoms with Crippen LogP contribution >= 0.6 is 0 Å². The molecule has 3 aliphatic rings. The molecule has 0 aliphatic carbocycles. The zero-order chi connectivity index (χ0) is 15.6. The van der Waals surface area contributed by atoms with Gasteiger partial charge in [-0.05, 0) is 56.2 Å². The van der Waals surface area contributed by atoms with Crippen LogP contribution in [0.5, 0.6) is 5.75 Å². The van der Waals surface area contributed by atoms with Crippen molar-refractivity contribution in [2.24, 2.45) is 0 Å². The number of morpholine rings is 1. The maximum Gasteiger partial charge on any atom is 0.124 e. The predicted octanol–water partition coefficient (Wildman–Crippen LogP) is 2.36. The molecule has 126 valence electrons. The summed E-state index contributed by atoms with van der Waals surface area (Å²) in [5.41, 5.74) is 5.26. The molecule has 4 heteroatoms. The van der Waals surface area contributed by atoms with Crippen LogP contribution in [-0.2, 0) is 24.0 Å².